The van der Waals surface area contributed by atoms with E-state index in [0.29, 0.717) is 17.2 Å². The number of methoxy groups -OCH3 is 1. The number of hydrogen-bond acceptors (Lipinski definition) is 3. The van der Waals surface area contributed by atoms with Crippen LogP contribution in [0.25, 0.3) is 0 Å². The van der Waals surface area contributed by atoms with Gasteiger partial charge >= 0.3 is 5.97 Å². The predicted octanol–water partition coefficient (Wildman–Crippen LogP) is 4.41. The molecule has 0 heterocycles. The van der Waals surface area contributed by atoms with Gasteiger partial charge in [0.15, 0.2) is 0 Å². The monoisotopic (exact) mass is 339 g/mol. The van der Waals surface area contributed by atoms with Crippen LogP contribution < -0.4 is 5.32 Å². The third kappa shape index (κ3) is 4.92. The highest BCUT2D eigenvalue weighted by Crippen LogP contribution is 2.22. The molecule has 132 valence electrons. The first-order valence-corrected chi connectivity index (χ1v) is 8.49. The highest BCUT2D eigenvalue weighted by atomic mass is 16.5. The van der Waals surface area contributed by atoms with E-state index in [2.05, 4.69) is 31.3 Å². The largest absolute Gasteiger partial charge is 0.465 e. The van der Waals surface area contributed by atoms with Crippen molar-refractivity contribution in [2.45, 2.75) is 33.1 Å². The zero-order chi connectivity index (χ0) is 18.4. The second-order valence-corrected chi connectivity index (χ2v) is 6.59. The maximum atomic E-state index is 12.6. The molecule has 1 N–H and O–H groups in total. The number of amides is 1. The molecule has 0 saturated carbocycles. The number of carbonyl (C=O) groups excluding carboxylic acids is 2. The smallest absolute Gasteiger partial charge is 0.339 e. The quantitative estimate of drug-likeness (QED) is 0.793. The highest BCUT2D eigenvalue weighted by Gasteiger charge is 2.18. The summed E-state index contributed by atoms with van der Waals surface area (Å²) in [5.74, 6) is -0.352. The van der Waals surface area contributed by atoms with E-state index in [1.165, 1.54) is 12.7 Å². The molecule has 4 nitrogen and oxygen atoms in total. The van der Waals surface area contributed by atoms with Crippen molar-refractivity contribution in [1.29, 1.82) is 0 Å². The normalized spacial score (nSPS) is 11.9. The summed E-state index contributed by atoms with van der Waals surface area (Å²) >= 11 is 0. The van der Waals surface area contributed by atoms with E-state index in [1.54, 1.807) is 24.3 Å². The van der Waals surface area contributed by atoms with Gasteiger partial charge in [-0.15, -0.1) is 0 Å². The van der Waals surface area contributed by atoms with Crippen LogP contribution in [0.15, 0.2) is 48.5 Å². The third-order valence-corrected chi connectivity index (χ3v) is 4.11. The maximum Gasteiger partial charge on any atom is 0.339 e. The standard InChI is InChI=1S/C21H25NO3/c1-14(2)13-16-9-11-17(12-10-16)15(3)20(23)22-19-8-6-5-7-18(19)21(24)25-4/h5-12,14-15H,13H2,1-4H3,(H,22,23)/t15-/m1/s1. The van der Waals surface area contributed by atoms with Gasteiger partial charge in [-0.1, -0.05) is 50.2 Å². The van der Waals surface area contributed by atoms with E-state index in [-0.39, 0.29) is 11.8 Å². The number of nitrogens with one attached hydrogen (secondary N) is 1. The number of para-hydroxylation sites is 1. The molecule has 2 aromatic rings. The lowest BCUT2D eigenvalue weighted by atomic mass is 9.96. The molecule has 0 spiro atoms. The average molecular weight is 339 g/mol. The molecule has 0 aliphatic rings. The molecule has 2 aromatic carbocycles. The molecule has 1 atom stereocenters. The lowest BCUT2D eigenvalue weighted by molar-refractivity contribution is -0.117. The number of carbonyl (C=O) groups is 2. The Balaban J connectivity index is 2.12. The highest BCUT2D eigenvalue weighted by molar-refractivity contribution is 6.03. The Morgan fingerprint density at radius 3 is 2.24 bits per heavy atom. The first-order chi connectivity index (χ1) is 11.9. The van der Waals surface area contributed by atoms with Crippen molar-refractivity contribution in [1.82, 2.24) is 0 Å². The van der Waals surface area contributed by atoms with Crippen molar-refractivity contribution < 1.29 is 14.3 Å². The summed E-state index contributed by atoms with van der Waals surface area (Å²) in [7, 11) is 1.32. The van der Waals surface area contributed by atoms with E-state index in [4.69, 9.17) is 4.74 Å². The fraction of sp³-hybridized carbons (Fsp3) is 0.333. The molecule has 0 unspecified atom stereocenters. The molecule has 25 heavy (non-hydrogen) atoms. The molecule has 0 aromatic heterocycles. The van der Waals surface area contributed by atoms with E-state index in [0.717, 1.165) is 12.0 Å². The minimum Gasteiger partial charge on any atom is -0.465 e. The Bertz CT molecular complexity index is 735. The van der Waals surface area contributed by atoms with Crippen LogP contribution >= 0.6 is 0 Å². The second-order valence-electron chi connectivity index (χ2n) is 6.59. The number of ether oxygens (including phenoxy) is 1. The molecule has 2 rings (SSSR count). The summed E-state index contributed by atoms with van der Waals surface area (Å²) < 4.78 is 4.76. The molecule has 0 aliphatic carbocycles. The molecule has 0 bridgehead atoms. The van der Waals surface area contributed by atoms with Crippen LogP contribution in [0.5, 0.6) is 0 Å². The van der Waals surface area contributed by atoms with Crippen molar-refractivity contribution in [3.63, 3.8) is 0 Å². The summed E-state index contributed by atoms with van der Waals surface area (Å²) in [4.78, 5) is 24.4. The van der Waals surface area contributed by atoms with E-state index in [1.807, 2.05) is 19.1 Å². The maximum absolute atomic E-state index is 12.6. The summed E-state index contributed by atoms with van der Waals surface area (Å²) in [6.45, 7) is 6.22. The van der Waals surface area contributed by atoms with Crippen LogP contribution in [0.2, 0.25) is 0 Å². The van der Waals surface area contributed by atoms with Gasteiger partial charge in [0.25, 0.3) is 0 Å². The fourth-order valence-electron chi connectivity index (χ4n) is 2.69. The summed E-state index contributed by atoms with van der Waals surface area (Å²) in [6.07, 6.45) is 1.02. The van der Waals surface area contributed by atoms with Crippen LogP contribution in [0.1, 0.15) is 48.2 Å². The van der Waals surface area contributed by atoms with Gasteiger partial charge in [-0.25, -0.2) is 4.79 Å². The Hall–Kier alpha value is -2.62. The zero-order valence-corrected chi connectivity index (χ0v) is 15.2. The van der Waals surface area contributed by atoms with E-state index < -0.39 is 5.97 Å². The second kappa shape index (κ2) is 8.47. The first kappa shape index (κ1) is 18.7. The van der Waals surface area contributed by atoms with Gasteiger partial charge in [0.05, 0.1) is 24.3 Å². The van der Waals surface area contributed by atoms with Gasteiger partial charge in [0.1, 0.15) is 0 Å². The van der Waals surface area contributed by atoms with Crippen molar-refractivity contribution in [2.24, 2.45) is 5.92 Å². The number of esters is 1. The van der Waals surface area contributed by atoms with Gasteiger partial charge < -0.3 is 10.1 Å². The Labute approximate surface area is 149 Å². The van der Waals surface area contributed by atoms with E-state index in [9.17, 15) is 9.59 Å². The van der Waals surface area contributed by atoms with Crippen molar-refractivity contribution in [3.05, 3.63) is 65.2 Å². The van der Waals surface area contributed by atoms with Crippen LogP contribution in [0, 0.1) is 5.92 Å². The van der Waals surface area contributed by atoms with Crippen molar-refractivity contribution in [3.8, 4) is 0 Å². The van der Waals surface area contributed by atoms with Gasteiger partial charge in [-0.3, -0.25) is 4.79 Å². The number of benzene rings is 2. The fourth-order valence-corrected chi connectivity index (χ4v) is 2.69. The lowest BCUT2D eigenvalue weighted by Crippen LogP contribution is -2.20. The Kier molecular flexibility index (Phi) is 6.34. The number of anilines is 1. The molecule has 0 fully saturated rings. The van der Waals surface area contributed by atoms with Crippen molar-refractivity contribution >= 4 is 17.6 Å². The summed E-state index contributed by atoms with van der Waals surface area (Å²) in [5, 5.41) is 2.83. The van der Waals surface area contributed by atoms with Crippen LogP contribution in [-0.4, -0.2) is 19.0 Å². The average Bonchev–Trinajstić information content (AvgIpc) is 2.61. The molecule has 4 heteroatoms. The van der Waals surface area contributed by atoms with Crippen molar-refractivity contribution in [2.75, 3.05) is 12.4 Å². The minimum atomic E-state index is -0.471. The Morgan fingerprint density at radius 2 is 1.64 bits per heavy atom. The molecule has 0 radical (unpaired) electrons. The van der Waals surface area contributed by atoms with Gasteiger partial charge in [-0.05, 0) is 42.5 Å². The number of hydrogen-bond donors (Lipinski definition) is 1. The molecule has 1 amide bonds. The topological polar surface area (TPSA) is 55.4 Å². The molecule has 0 aliphatic heterocycles. The number of rotatable bonds is 6. The molecular formula is C21H25NO3. The molecular weight excluding hydrogens is 314 g/mol. The van der Waals surface area contributed by atoms with Gasteiger partial charge in [0.2, 0.25) is 5.91 Å². The summed E-state index contributed by atoms with van der Waals surface area (Å²) in [6, 6.07) is 15.0. The minimum absolute atomic E-state index is 0.159. The molecule has 0 saturated heterocycles. The third-order valence-electron chi connectivity index (χ3n) is 4.11. The Morgan fingerprint density at radius 1 is 1.00 bits per heavy atom. The van der Waals surface area contributed by atoms with Gasteiger partial charge in [0, 0.05) is 0 Å². The van der Waals surface area contributed by atoms with Crippen LogP contribution in [0.4, 0.5) is 5.69 Å². The van der Waals surface area contributed by atoms with E-state index >= 15 is 0 Å². The zero-order valence-electron chi connectivity index (χ0n) is 15.2. The lowest BCUT2D eigenvalue weighted by Gasteiger charge is -2.15. The predicted molar refractivity (Wildman–Crippen MR) is 99.8 cm³/mol. The SMILES string of the molecule is COC(=O)c1ccccc1NC(=O)[C@H](C)c1ccc(CC(C)C)cc1. The van der Waals surface area contributed by atoms with Crippen LogP contribution in [-0.2, 0) is 16.0 Å². The van der Waals surface area contributed by atoms with Crippen LogP contribution in [0.3, 0.4) is 0 Å². The summed E-state index contributed by atoms with van der Waals surface area (Å²) in [5.41, 5.74) is 3.02. The van der Waals surface area contributed by atoms with Gasteiger partial charge in [-0.2, -0.15) is 0 Å². The first-order valence-electron chi connectivity index (χ1n) is 8.49.